The third kappa shape index (κ3) is 5.46. The Morgan fingerprint density at radius 1 is 1.15 bits per heavy atom. The highest BCUT2D eigenvalue weighted by atomic mass is 35.5. The van der Waals surface area contributed by atoms with Crippen LogP contribution in [0.3, 0.4) is 0 Å². The molecule has 1 saturated carbocycles. The van der Waals surface area contributed by atoms with Crippen LogP contribution in [0.15, 0.2) is 60.8 Å². The summed E-state index contributed by atoms with van der Waals surface area (Å²) in [5.74, 6) is 0.433. The highest BCUT2D eigenvalue weighted by Gasteiger charge is 2.31. The molecule has 172 valence electrons. The number of amides is 1. The largest absolute Gasteiger partial charge is 0.482 e. The Kier molecular flexibility index (Phi) is 6.86. The number of hydrogen-bond donors (Lipinski definition) is 3. The standard InChI is InChI=1S/C26H28ClN3O3/c1-17(33-23-15-21(27)16-29-24(23)28)18-7-6-10-22(14-18)30-25(31)19-8-5-9-20(13-19)26(32)11-3-2-4-12-26/h5-10,13-17,32H,2-4,11-12H2,1H3,(H2,28,29)(H,30,31). The molecule has 1 heterocycles. The predicted molar refractivity (Wildman–Crippen MR) is 131 cm³/mol. The molecule has 33 heavy (non-hydrogen) atoms. The van der Waals surface area contributed by atoms with E-state index in [-0.39, 0.29) is 17.8 Å². The molecule has 0 bridgehead atoms. The fourth-order valence-electron chi connectivity index (χ4n) is 4.23. The number of carbonyl (C=O) groups excluding carboxylic acids is 1. The second-order valence-electron chi connectivity index (χ2n) is 8.55. The number of aliphatic hydroxyl groups is 1. The second kappa shape index (κ2) is 9.81. The number of pyridine rings is 1. The van der Waals surface area contributed by atoms with E-state index in [4.69, 9.17) is 22.1 Å². The Hall–Kier alpha value is -3.09. The summed E-state index contributed by atoms with van der Waals surface area (Å²) in [5, 5.41) is 14.4. The lowest BCUT2D eigenvalue weighted by Gasteiger charge is -2.32. The number of carbonyl (C=O) groups is 1. The van der Waals surface area contributed by atoms with E-state index >= 15 is 0 Å². The molecule has 4 N–H and O–H groups in total. The number of benzene rings is 2. The maximum Gasteiger partial charge on any atom is 0.255 e. The number of nitrogens with zero attached hydrogens (tertiary/aromatic N) is 1. The second-order valence-corrected chi connectivity index (χ2v) is 8.99. The van der Waals surface area contributed by atoms with Crippen LogP contribution in [0, 0.1) is 0 Å². The number of nitrogen functional groups attached to an aromatic ring is 1. The molecule has 0 saturated heterocycles. The molecule has 3 aromatic rings. The molecule has 1 atom stereocenters. The first-order valence-electron chi connectivity index (χ1n) is 11.2. The normalized spacial score (nSPS) is 16.1. The van der Waals surface area contributed by atoms with Gasteiger partial charge in [0.15, 0.2) is 11.6 Å². The van der Waals surface area contributed by atoms with Crippen molar-refractivity contribution in [1.29, 1.82) is 0 Å². The van der Waals surface area contributed by atoms with Gasteiger partial charge in [0.2, 0.25) is 0 Å². The summed E-state index contributed by atoms with van der Waals surface area (Å²) in [6.45, 7) is 1.88. The minimum atomic E-state index is -0.849. The molecule has 0 radical (unpaired) electrons. The van der Waals surface area contributed by atoms with E-state index in [1.54, 1.807) is 18.2 Å². The fourth-order valence-corrected chi connectivity index (χ4v) is 4.38. The van der Waals surface area contributed by atoms with Crippen LogP contribution < -0.4 is 15.8 Å². The lowest BCUT2D eigenvalue weighted by atomic mass is 9.79. The topological polar surface area (TPSA) is 97.5 Å². The first-order valence-corrected chi connectivity index (χ1v) is 11.5. The zero-order chi connectivity index (χ0) is 23.4. The zero-order valence-corrected chi connectivity index (χ0v) is 19.3. The van der Waals surface area contributed by atoms with Crippen molar-refractivity contribution in [2.45, 2.75) is 50.7 Å². The van der Waals surface area contributed by atoms with Gasteiger partial charge >= 0.3 is 0 Å². The number of hydrogen-bond acceptors (Lipinski definition) is 5. The van der Waals surface area contributed by atoms with Gasteiger partial charge in [0.25, 0.3) is 5.91 Å². The van der Waals surface area contributed by atoms with Crippen LogP contribution in [0.4, 0.5) is 11.5 Å². The van der Waals surface area contributed by atoms with Crippen LogP contribution in [-0.2, 0) is 5.60 Å². The number of rotatable bonds is 6. The quantitative estimate of drug-likeness (QED) is 0.423. The van der Waals surface area contributed by atoms with Gasteiger partial charge in [0.05, 0.1) is 10.6 Å². The third-order valence-electron chi connectivity index (χ3n) is 6.11. The van der Waals surface area contributed by atoms with Crippen LogP contribution in [0.1, 0.15) is 66.6 Å². The summed E-state index contributed by atoms with van der Waals surface area (Å²) >= 11 is 6.00. The number of aromatic nitrogens is 1. The van der Waals surface area contributed by atoms with Gasteiger partial charge in [-0.15, -0.1) is 0 Å². The van der Waals surface area contributed by atoms with Crippen LogP contribution in [0.2, 0.25) is 5.02 Å². The molecule has 1 aromatic heterocycles. The monoisotopic (exact) mass is 465 g/mol. The number of nitrogens with two attached hydrogens (primary N) is 1. The summed E-state index contributed by atoms with van der Waals surface area (Å²) in [7, 11) is 0. The number of halogens is 1. The van der Waals surface area contributed by atoms with Crippen molar-refractivity contribution in [2.75, 3.05) is 11.1 Å². The first-order chi connectivity index (χ1) is 15.8. The van der Waals surface area contributed by atoms with Crippen LogP contribution >= 0.6 is 11.6 Å². The molecule has 7 heteroatoms. The SMILES string of the molecule is CC(Oc1cc(Cl)cnc1N)c1cccc(NC(=O)c2cccc(C3(O)CCCCC3)c2)c1. The van der Waals surface area contributed by atoms with Gasteiger partial charge in [0, 0.05) is 23.5 Å². The molecule has 4 rings (SSSR count). The van der Waals surface area contributed by atoms with Crippen molar-refractivity contribution in [3.8, 4) is 5.75 Å². The average molecular weight is 466 g/mol. The van der Waals surface area contributed by atoms with Gasteiger partial charge in [-0.3, -0.25) is 4.79 Å². The molecular weight excluding hydrogens is 438 g/mol. The molecule has 1 fully saturated rings. The van der Waals surface area contributed by atoms with E-state index in [1.807, 2.05) is 43.3 Å². The smallest absolute Gasteiger partial charge is 0.255 e. The minimum absolute atomic E-state index is 0.231. The predicted octanol–water partition coefficient (Wildman–Crippen LogP) is 5.86. The van der Waals surface area contributed by atoms with Gasteiger partial charge < -0.3 is 20.9 Å². The maximum atomic E-state index is 12.9. The van der Waals surface area contributed by atoms with Crippen LogP contribution in [-0.4, -0.2) is 16.0 Å². The number of nitrogens with one attached hydrogen (secondary N) is 1. The van der Waals surface area contributed by atoms with Crippen molar-refractivity contribution >= 4 is 29.0 Å². The molecule has 0 spiro atoms. The Bertz CT molecular complexity index is 1150. The van der Waals surface area contributed by atoms with Crippen molar-refractivity contribution < 1.29 is 14.6 Å². The van der Waals surface area contributed by atoms with E-state index in [1.165, 1.54) is 6.20 Å². The van der Waals surface area contributed by atoms with Gasteiger partial charge in [-0.1, -0.05) is 55.1 Å². The maximum absolute atomic E-state index is 12.9. The summed E-state index contributed by atoms with van der Waals surface area (Å²) in [6, 6.07) is 16.3. The number of ether oxygens (including phenoxy) is 1. The fraction of sp³-hybridized carbons (Fsp3) is 0.308. The van der Waals surface area contributed by atoms with Gasteiger partial charge in [-0.05, 0) is 55.2 Å². The Labute approximate surface area is 198 Å². The van der Waals surface area contributed by atoms with E-state index in [9.17, 15) is 9.90 Å². The van der Waals surface area contributed by atoms with E-state index < -0.39 is 5.60 Å². The third-order valence-corrected chi connectivity index (χ3v) is 6.32. The summed E-state index contributed by atoms with van der Waals surface area (Å²) in [5.41, 5.74) is 7.85. The molecule has 1 aliphatic rings. The molecule has 0 aliphatic heterocycles. The number of anilines is 2. The van der Waals surface area contributed by atoms with Crippen molar-refractivity contribution in [1.82, 2.24) is 4.98 Å². The Morgan fingerprint density at radius 3 is 2.70 bits per heavy atom. The molecule has 2 aromatic carbocycles. The summed E-state index contributed by atoms with van der Waals surface area (Å²) in [6.07, 6.45) is 5.71. The van der Waals surface area contributed by atoms with Crippen molar-refractivity contribution in [3.63, 3.8) is 0 Å². The van der Waals surface area contributed by atoms with Crippen LogP contribution in [0.25, 0.3) is 0 Å². The van der Waals surface area contributed by atoms with Gasteiger partial charge in [-0.25, -0.2) is 4.98 Å². The molecule has 1 amide bonds. The van der Waals surface area contributed by atoms with Crippen molar-refractivity contribution in [3.05, 3.63) is 82.5 Å². The van der Waals surface area contributed by atoms with E-state index in [2.05, 4.69) is 10.3 Å². The highest BCUT2D eigenvalue weighted by Crippen LogP contribution is 2.37. The van der Waals surface area contributed by atoms with Gasteiger partial charge in [-0.2, -0.15) is 0 Å². The molecular formula is C26H28ClN3O3. The lowest BCUT2D eigenvalue weighted by Crippen LogP contribution is -2.28. The van der Waals surface area contributed by atoms with E-state index in [0.29, 0.717) is 22.0 Å². The lowest BCUT2D eigenvalue weighted by molar-refractivity contribution is -0.000655. The first kappa shape index (κ1) is 23.1. The molecule has 1 unspecified atom stereocenters. The highest BCUT2D eigenvalue weighted by molar-refractivity contribution is 6.30. The summed E-state index contributed by atoms with van der Waals surface area (Å²) < 4.78 is 5.94. The van der Waals surface area contributed by atoms with Gasteiger partial charge in [0.1, 0.15) is 6.10 Å². The van der Waals surface area contributed by atoms with E-state index in [0.717, 1.165) is 43.2 Å². The Balaban J connectivity index is 1.47. The van der Waals surface area contributed by atoms with Crippen molar-refractivity contribution in [2.24, 2.45) is 0 Å². The summed E-state index contributed by atoms with van der Waals surface area (Å²) in [4.78, 5) is 17.0. The minimum Gasteiger partial charge on any atom is -0.482 e. The average Bonchev–Trinajstić information content (AvgIpc) is 2.82. The molecule has 6 nitrogen and oxygen atoms in total. The molecule has 1 aliphatic carbocycles. The van der Waals surface area contributed by atoms with Crippen LogP contribution in [0.5, 0.6) is 5.75 Å². The Morgan fingerprint density at radius 2 is 1.91 bits per heavy atom. The zero-order valence-electron chi connectivity index (χ0n) is 18.6.